The molecule has 2 nitrogen and oxygen atoms in total. The SMILES string of the molecule is CCCNC1=NCC=CC1. The van der Waals surface area contributed by atoms with Crippen molar-refractivity contribution in [3.63, 3.8) is 0 Å². The van der Waals surface area contributed by atoms with Crippen LogP contribution in [0.1, 0.15) is 19.8 Å². The van der Waals surface area contributed by atoms with Crippen molar-refractivity contribution in [2.75, 3.05) is 13.1 Å². The van der Waals surface area contributed by atoms with E-state index in [4.69, 9.17) is 0 Å². The summed E-state index contributed by atoms with van der Waals surface area (Å²) in [7, 11) is 0. The van der Waals surface area contributed by atoms with Gasteiger partial charge in [0.2, 0.25) is 0 Å². The highest BCUT2D eigenvalue weighted by Gasteiger charge is 1.96. The summed E-state index contributed by atoms with van der Waals surface area (Å²) in [5.41, 5.74) is 0. The maximum atomic E-state index is 4.29. The van der Waals surface area contributed by atoms with Crippen LogP contribution in [0, 0.1) is 0 Å². The van der Waals surface area contributed by atoms with Crippen LogP contribution in [0.25, 0.3) is 0 Å². The fourth-order valence-electron chi connectivity index (χ4n) is 0.894. The van der Waals surface area contributed by atoms with Gasteiger partial charge in [-0.05, 0) is 6.42 Å². The van der Waals surface area contributed by atoms with Crippen LogP contribution in [0.5, 0.6) is 0 Å². The zero-order valence-corrected chi connectivity index (χ0v) is 6.43. The van der Waals surface area contributed by atoms with E-state index in [0.29, 0.717) is 0 Å². The topological polar surface area (TPSA) is 24.4 Å². The van der Waals surface area contributed by atoms with Gasteiger partial charge in [0.05, 0.1) is 6.54 Å². The number of aliphatic imine (C=N–C) groups is 1. The molecule has 0 bridgehead atoms. The van der Waals surface area contributed by atoms with Crippen molar-refractivity contribution >= 4 is 5.84 Å². The van der Waals surface area contributed by atoms with E-state index in [-0.39, 0.29) is 0 Å². The second kappa shape index (κ2) is 4.09. The van der Waals surface area contributed by atoms with Gasteiger partial charge in [-0.1, -0.05) is 19.1 Å². The molecule has 0 saturated heterocycles. The largest absolute Gasteiger partial charge is 0.374 e. The minimum Gasteiger partial charge on any atom is -0.374 e. The van der Waals surface area contributed by atoms with E-state index < -0.39 is 0 Å². The molecule has 10 heavy (non-hydrogen) atoms. The Kier molecular flexibility index (Phi) is 3.00. The molecule has 0 aromatic rings. The van der Waals surface area contributed by atoms with Crippen molar-refractivity contribution in [1.82, 2.24) is 5.32 Å². The highest BCUT2D eigenvalue weighted by molar-refractivity contribution is 5.84. The third-order valence-corrected chi connectivity index (χ3v) is 1.44. The molecule has 0 saturated carbocycles. The number of rotatable bonds is 2. The molecule has 1 N–H and O–H groups in total. The Morgan fingerprint density at radius 2 is 2.50 bits per heavy atom. The first-order valence-corrected chi connectivity index (χ1v) is 3.85. The molecule has 0 fully saturated rings. The molecule has 0 radical (unpaired) electrons. The first kappa shape index (κ1) is 7.32. The lowest BCUT2D eigenvalue weighted by Gasteiger charge is -2.08. The van der Waals surface area contributed by atoms with Crippen molar-refractivity contribution in [2.45, 2.75) is 19.8 Å². The van der Waals surface area contributed by atoms with Crippen LogP contribution >= 0.6 is 0 Å². The Labute approximate surface area is 62.0 Å². The summed E-state index contributed by atoms with van der Waals surface area (Å²) >= 11 is 0. The van der Waals surface area contributed by atoms with Crippen LogP contribution in [0.4, 0.5) is 0 Å². The molecule has 2 heteroatoms. The second-order valence-electron chi connectivity index (χ2n) is 2.39. The standard InChI is InChI=1S/C8H14N2/c1-2-6-9-8-5-3-4-7-10-8/h3-4H,2,5-7H2,1H3,(H,9,10). The number of hydrogen-bond acceptors (Lipinski definition) is 2. The number of nitrogens with one attached hydrogen (secondary N) is 1. The van der Waals surface area contributed by atoms with Crippen molar-refractivity contribution < 1.29 is 0 Å². The second-order valence-corrected chi connectivity index (χ2v) is 2.39. The van der Waals surface area contributed by atoms with Crippen LogP contribution < -0.4 is 5.32 Å². The predicted molar refractivity (Wildman–Crippen MR) is 44.4 cm³/mol. The van der Waals surface area contributed by atoms with Crippen LogP contribution in [0.15, 0.2) is 17.1 Å². The average molecular weight is 138 g/mol. The van der Waals surface area contributed by atoms with Gasteiger partial charge in [0.25, 0.3) is 0 Å². The monoisotopic (exact) mass is 138 g/mol. The Bertz CT molecular complexity index is 147. The van der Waals surface area contributed by atoms with Crippen LogP contribution in [-0.4, -0.2) is 18.9 Å². The summed E-state index contributed by atoms with van der Waals surface area (Å²) < 4.78 is 0. The zero-order valence-electron chi connectivity index (χ0n) is 6.43. The third kappa shape index (κ3) is 2.21. The molecule has 1 aliphatic heterocycles. The van der Waals surface area contributed by atoms with E-state index in [1.54, 1.807) is 0 Å². The molecule has 56 valence electrons. The number of dihydropyridines is 1. The van der Waals surface area contributed by atoms with Gasteiger partial charge in [0.1, 0.15) is 5.84 Å². The molecule has 0 amide bonds. The van der Waals surface area contributed by atoms with Gasteiger partial charge in [0, 0.05) is 13.0 Å². The fraction of sp³-hybridized carbons (Fsp3) is 0.625. The average Bonchev–Trinajstić information content (AvgIpc) is 2.03. The van der Waals surface area contributed by atoms with E-state index in [0.717, 1.165) is 25.3 Å². The number of amidine groups is 1. The first-order chi connectivity index (χ1) is 4.93. The van der Waals surface area contributed by atoms with Crippen molar-refractivity contribution in [2.24, 2.45) is 4.99 Å². The lowest BCUT2D eigenvalue weighted by molar-refractivity contribution is 0.824. The van der Waals surface area contributed by atoms with Crippen molar-refractivity contribution in [3.05, 3.63) is 12.2 Å². The smallest absolute Gasteiger partial charge is 0.100 e. The molecule has 0 aromatic carbocycles. The first-order valence-electron chi connectivity index (χ1n) is 3.85. The van der Waals surface area contributed by atoms with E-state index in [1.165, 1.54) is 6.42 Å². The molecule has 1 aliphatic rings. The summed E-state index contributed by atoms with van der Waals surface area (Å²) in [5, 5.41) is 3.27. The van der Waals surface area contributed by atoms with E-state index in [1.807, 2.05) is 0 Å². The molecule has 1 rings (SSSR count). The van der Waals surface area contributed by atoms with E-state index in [9.17, 15) is 0 Å². The van der Waals surface area contributed by atoms with Gasteiger partial charge >= 0.3 is 0 Å². The van der Waals surface area contributed by atoms with Crippen LogP contribution in [0.3, 0.4) is 0 Å². The number of nitrogens with zero attached hydrogens (tertiary/aromatic N) is 1. The molecule has 0 atom stereocenters. The van der Waals surface area contributed by atoms with Gasteiger partial charge in [0.15, 0.2) is 0 Å². The lowest BCUT2D eigenvalue weighted by Crippen LogP contribution is -2.24. The zero-order chi connectivity index (χ0) is 7.23. The third-order valence-electron chi connectivity index (χ3n) is 1.44. The summed E-state index contributed by atoms with van der Waals surface area (Å²) in [6.07, 6.45) is 6.41. The maximum Gasteiger partial charge on any atom is 0.100 e. The van der Waals surface area contributed by atoms with Gasteiger partial charge in [-0.3, -0.25) is 4.99 Å². The van der Waals surface area contributed by atoms with Crippen molar-refractivity contribution in [3.8, 4) is 0 Å². The number of hydrogen-bond donors (Lipinski definition) is 1. The highest BCUT2D eigenvalue weighted by atomic mass is 15.0. The van der Waals surface area contributed by atoms with E-state index >= 15 is 0 Å². The minimum absolute atomic E-state index is 0.853. The van der Waals surface area contributed by atoms with Gasteiger partial charge in [-0.25, -0.2) is 0 Å². The van der Waals surface area contributed by atoms with E-state index in [2.05, 4.69) is 29.4 Å². The Morgan fingerprint density at radius 3 is 3.10 bits per heavy atom. The quantitative estimate of drug-likeness (QED) is 0.572. The van der Waals surface area contributed by atoms with Gasteiger partial charge in [-0.15, -0.1) is 0 Å². The molecule has 0 spiro atoms. The predicted octanol–water partition coefficient (Wildman–Crippen LogP) is 1.34. The van der Waals surface area contributed by atoms with Gasteiger partial charge in [-0.2, -0.15) is 0 Å². The van der Waals surface area contributed by atoms with Crippen LogP contribution in [-0.2, 0) is 0 Å². The van der Waals surface area contributed by atoms with Crippen LogP contribution in [0.2, 0.25) is 0 Å². The summed E-state index contributed by atoms with van der Waals surface area (Å²) in [6.45, 7) is 4.06. The normalized spacial score (nSPS) is 16.7. The molecular weight excluding hydrogens is 124 g/mol. The summed E-state index contributed by atoms with van der Waals surface area (Å²) in [6, 6.07) is 0. The molecular formula is C8H14N2. The Hall–Kier alpha value is -0.790. The van der Waals surface area contributed by atoms with Crippen molar-refractivity contribution in [1.29, 1.82) is 0 Å². The summed E-state index contributed by atoms with van der Waals surface area (Å²) in [4.78, 5) is 4.29. The maximum absolute atomic E-state index is 4.29. The summed E-state index contributed by atoms with van der Waals surface area (Å²) in [5.74, 6) is 1.14. The Morgan fingerprint density at radius 1 is 1.60 bits per heavy atom. The minimum atomic E-state index is 0.853. The fourth-order valence-corrected chi connectivity index (χ4v) is 0.894. The molecule has 0 unspecified atom stereocenters. The molecule has 0 aromatic heterocycles. The molecule has 0 aliphatic carbocycles. The lowest BCUT2D eigenvalue weighted by atomic mass is 10.3. The Balaban J connectivity index is 2.21. The molecule has 1 heterocycles. The highest BCUT2D eigenvalue weighted by Crippen LogP contribution is 1.94. The van der Waals surface area contributed by atoms with Gasteiger partial charge < -0.3 is 5.32 Å².